The second kappa shape index (κ2) is 9.20. The smallest absolute Gasteiger partial charge is 0.141 e. The number of aromatic hydroxyl groups is 2. The maximum atomic E-state index is 9.52. The van der Waals surface area contributed by atoms with Crippen molar-refractivity contribution in [3.63, 3.8) is 0 Å². The van der Waals surface area contributed by atoms with Crippen molar-refractivity contribution < 1.29 is 10.2 Å². The van der Waals surface area contributed by atoms with Crippen LogP contribution in [0.3, 0.4) is 0 Å². The van der Waals surface area contributed by atoms with Crippen molar-refractivity contribution in [1.29, 1.82) is 0 Å². The molecule has 0 aromatic heterocycles. The Kier molecular flexibility index (Phi) is 7.14. The maximum absolute atomic E-state index is 9.52. The monoisotopic (exact) mass is 284 g/mol. The predicted octanol–water partition coefficient (Wildman–Crippen LogP) is 4.45. The van der Waals surface area contributed by atoms with Crippen molar-refractivity contribution in [2.24, 2.45) is 4.99 Å². The van der Waals surface area contributed by atoms with Gasteiger partial charge in [0.25, 0.3) is 0 Å². The largest absolute Gasteiger partial charge is 0.506 e. The standard InChI is InChI=1S/C15H14N2O2.C2H6/c18-14-8-3-1-6-12(14)16-10-5-11-17-13-7-2-4-9-15(13)19;1-2/h1-11,16,18-19H;1-2H3/b10-5-,17-11?;. The number of benzene rings is 2. The highest BCUT2D eigenvalue weighted by molar-refractivity contribution is 5.76. The third-order valence-corrected chi connectivity index (χ3v) is 2.42. The van der Waals surface area contributed by atoms with Gasteiger partial charge < -0.3 is 15.5 Å². The summed E-state index contributed by atoms with van der Waals surface area (Å²) in [6.45, 7) is 4.00. The molecule has 0 heterocycles. The van der Waals surface area contributed by atoms with Gasteiger partial charge in [-0.25, -0.2) is 0 Å². The van der Waals surface area contributed by atoms with Crippen molar-refractivity contribution in [2.45, 2.75) is 13.8 Å². The fourth-order valence-electron chi connectivity index (χ4n) is 1.47. The van der Waals surface area contributed by atoms with Gasteiger partial charge in [0.05, 0.1) is 5.69 Å². The van der Waals surface area contributed by atoms with Gasteiger partial charge in [-0.3, -0.25) is 4.99 Å². The Morgan fingerprint density at radius 1 is 0.905 bits per heavy atom. The first-order valence-electron chi connectivity index (χ1n) is 6.79. The molecule has 2 rings (SSSR count). The molecule has 0 radical (unpaired) electrons. The zero-order valence-corrected chi connectivity index (χ0v) is 12.2. The van der Waals surface area contributed by atoms with Gasteiger partial charge in [-0.2, -0.15) is 0 Å². The summed E-state index contributed by atoms with van der Waals surface area (Å²) in [7, 11) is 0. The lowest BCUT2D eigenvalue weighted by atomic mass is 10.3. The Balaban J connectivity index is 0.00000106. The highest BCUT2D eigenvalue weighted by atomic mass is 16.3. The number of phenols is 2. The zero-order chi connectivity index (χ0) is 15.5. The number of allylic oxidation sites excluding steroid dienone is 1. The molecular weight excluding hydrogens is 264 g/mol. The van der Waals surface area contributed by atoms with E-state index in [-0.39, 0.29) is 11.5 Å². The number of rotatable bonds is 4. The van der Waals surface area contributed by atoms with Crippen molar-refractivity contribution >= 4 is 17.6 Å². The van der Waals surface area contributed by atoms with E-state index >= 15 is 0 Å². The average molecular weight is 284 g/mol. The fraction of sp³-hybridized carbons (Fsp3) is 0.118. The van der Waals surface area contributed by atoms with E-state index in [4.69, 9.17) is 0 Å². The molecule has 0 amide bonds. The van der Waals surface area contributed by atoms with Crippen LogP contribution in [0.1, 0.15) is 13.8 Å². The molecule has 4 heteroatoms. The Bertz CT molecular complexity index is 607. The van der Waals surface area contributed by atoms with Crippen LogP contribution in [0.4, 0.5) is 11.4 Å². The molecule has 0 aliphatic rings. The van der Waals surface area contributed by atoms with Gasteiger partial charge in [0.1, 0.15) is 17.2 Å². The van der Waals surface area contributed by atoms with E-state index < -0.39 is 0 Å². The number of aliphatic imine (C=N–C) groups is 1. The van der Waals surface area contributed by atoms with Gasteiger partial charge in [-0.05, 0) is 30.3 Å². The minimum absolute atomic E-state index is 0.140. The van der Waals surface area contributed by atoms with Crippen LogP contribution in [0.15, 0.2) is 65.8 Å². The Morgan fingerprint density at radius 2 is 1.52 bits per heavy atom. The van der Waals surface area contributed by atoms with Crippen LogP contribution in [0.5, 0.6) is 11.5 Å². The molecule has 0 spiro atoms. The summed E-state index contributed by atoms with van der Waals surface area (Å²) in [6, 6.07) is 13.8. The lowest BCUT2D eigenvalue weighted by Gasteiger charge is -2.01. The molecule has 4 nitrogen and oxygen atoms in total. The van der Waals surface area contributed by atoms with Crippen molar-refractivity contribution in [1.82, 2.24) is 0 Å². The molecule has 0 aliphatic heterocycles. The molecule has 2 aromatic rings. The first-order valence-corrected chi connectivity index (χ1v) is 6.79. The van der Waals surface area contributed by atoms with Crippen molar-refractivity contribution in [3.8, 4) is 11.5 Å². The van der Waals surface area contributed by atoms with Gasteiger partial charge in [-0.1, -0.05) is 38.1 Å². The van der Waals surface area contributed by atoms with Crippen molar-refractivity contribution in [3.05, 3.63) is 60.8 Å². The van der Waals surface area contributed by atoms with E-state index in [1.807, 2.05) is 19.9 Å². The summed E-state index contributed by atoms with van der Waals surface area (Å²) in [4.78, 5) is 4.10. The number of nitrogens with one attached hydrogen (secondary N) is 1. The number of para-hydroxylation sites is 4. The summed E-state index contributed by atoms with van der Waals surface area (Å²) in [5.41, 5.74) is 1.13. The number of anilines is 1. The van der Waals surface area contributed by atoms with Gasteiger partial charge in [-0.15, -0.1) is 0 Å². The van der Waals surface area contributed by atoms with E-state index in [9.17, 15) is 10.2 Å². The minimum atomic E-state index is 0.140. The molecule has 0 fully saturated rings. The molecule has 0 aliphatic carbocycles. The van der Waals surface area contributed by atoms with E-state index in [1.54, 1.807) is 61.0 Å². The van der Waals surface area contributed by atoms with Gasteiger partial charge in [0.15, 0.2) is 0 Å². The minimum Gasteiger partial charge on any atom is -0.506 e. The second-order valence-electron chi connectivity index (χ2n) is 3.79. The molecule has 2 aromatic carbocycles. The molecule has 3 N–H and O–H groups in total. The summed E-state index contributed by atoms with van der Waals surface area (Å²) in [5, 5.41) is 21.9. The van der Waals surface area contributed by atoms with Gasteiger partial charge in [0, 0.05) is 12.4 Å². The van der Waals surface area contributed by atoms with Crippen LogP contribution in [0.25, 0.3) is 0 Å². The number of hydrogen-bond acceptors (Lipinski definition) is 4. The average Bonchev–Trinajstić information content (AvgIpc) is 2.52. The summed E-state index contributed by atoms with van der Waals surface area (Å²) < 4.78 is 0. The second-order valence-corrected chi connectivity index (χ2v) is 3.79. The number of nitrogens with zero attached hydrogens (tertiary/aromatic N) is 1. The van der Waals surface area contributed by atoms with Crippen LogP contribution >= 0.6 is 0 Å². The summed E-state index contributed by atoms with van der Waals surface area (Å²) in [5.74, 6) is 0.325. The zero-order valence-electron chi connectivity index (χ0n) is 12.2. The molecule has 21 heavy (non-hydrogen) atoms. The first-order chi connectivity index (χ1) is 10.3. The Morgan fingerprint density at radius 3 is 2.19 bits per heavy atom. The highest BCUT2D eigenvalue weighted by Gasteiger charge is 1.95. The van der Waals surface area contributed by atoms with Gasteiger partial charge in [0.2, 0.25) is 0 Å². The normalized spacial score (nSPS) is 10.4. The quantitative estimate of drug-likeness (QED) is 0.574. The molecule has 0 atom stereocenters. The predicted molar refractivity (Wildman–Crippen MR) is 88.5 cm³/mol. The van der Waals surface area contributed by atoms with Crippen LogP contribution < -0.4 is 5.32 Å². The molecule has 0 unspecified atom stereocenters. The van der Waals surface area contributed by atoms with E-state index in [0.717, 1.165) is 0 Å². The van der Waals surface area contributed by atoms with Crippen LogP contribution in [0.2, 0.25) is 0 Å². The highest BCUT2D eigenvalue weighted by Crippen LogP contribution is 2.24. The van der Waals surface area contributed by atoms with Crippen LogP contribution in [-0.2, 0) is 0 Å². The maximum Gasteiger partial charge on any atom is 0.141 e. The SMILES string of the molecule is CC.Oc1ccccc1N=C/C=C\Nc1ccccc1O. The molecular formula is C17H20N2O2. The molecule has 0 bridgehead atoms. The molecule has 0 saturated carbocycles. The Hall–Kier alpha value is -2.75. The van der Waals surface area contributed by atoms with E-state index in [2.05, 4.69) is 10.3 Å². The number of hydrogen-bond donors (Lipinski definition) is 3. The van der Waals surface area contributed by atoms with Crippen LogP contribution in [0, 0.1) is 0 Å². The van der Waals surface area contributed by atoms with E-state index in [0.29, 0.717) is 11.4 Å². The number of phenolic OH excluding ortho intramolecular Hbond substituents is 2. The first kappa shape index (κ1) is 16.3. The van der Waals surface area contributed by atoms with Crippen LogP contribution in [-0.4, -0.2) is 16.4 Å². The summed E-state index contributed by atoms with van der Waals surface area (Å²) in [6.07, 6.45) is 4.89. The van der Waals surface area contributed by atoms with Crippen molar-refractivity contribution in [2.75, 3.05) is 5.32 Å². The fourth-order valence-corrected chi connectivity index (χ4v) is 1.47. The molecule has 110 valence electrons. The van der Waals surface area contributed by atoms with Gasteiger partial charge >= 0.3 is 0 Å². The molecule has 0 saturated heterocycles. The topological polar surface area (TPSA) is 64.9 Å². The lowest BCUT2D eigenvalue weighted by molar-refractivity contribution is 0.476. The third kappa shape index (κ3) is 5.40. The summed E-state index contributed by atoms with van der Waals surface area (Å²) >= 11 is 0. The Labute approximate surface area is 125 Å². The third-order valence-electron chi connectivity index (χ3n) is 2.42. The lowest BCUT2D eigenvalue weighted by Crippen LogP contribution is -1.87. The van der Waals surface area contributed by atoms with E-state index in [1.165, 1.54) is 0 Å².